The van der Waals surface area contributed by atoms with Crippen LogP contribution in [-0.4, -0.2) is 16.8 Å². The topological polar surface area (TPSA) is 0 Å². The summed E-state index contributed by atoms with van der Waals surface area (Å²) in [6.45, 7) is 8.73. The first-order valence-corrected chi connectivity index (χ1v) is 20.0. The minimum atomic E-state index is -3.14. The van der Waals surface area contributed by atoms with E-state index in [1.165, 1.54) is 77.0 Å². The summed E-state index contributed by atoms with van der Waals surface area (Å²) in [6.07, 6.45) is 23.4. The van der Waals surface area contributed by atoms with Crippen LogP contribution in [0.25, 0.3) is 0 Å². The summed E-state index contributed by atoms with van der Waals surface area (Å²) in [6, 6.07) is 2.49. The van der Waals surface area contributed by atoms with Crippen LogP contribution in [0.2, 0.25) is 24.2 Å². The van der Waals surface area contributed by atoms with Crippen LogP contribution in [0.1, 0.15) is 156 Å². The molecule has 0 bridgehead atoms. The Morgan fingerprint density at radius 2 is 0.588 bits per heavy atom. The van der Waals surface area contributed by atoms with Crippen LogP contribution in [0.4, 0.5) is 8.22 Å². The van der Waals surface area contributed by atoms with Gasteiger partial charge in [0.25, 0.3) is 0 Å². The molecule has 0 rings (SSSR count). The molecule has 0 spiro atoms. The Balaban J connectivity index is 4.72. The molecule has 0 aromatic rings. The quantitative estimate of drug-likeness (QED) is 0.0520. The smallest absolute Gasteiger partial charge is 0.297 e. The Kier molecular flexibility index (Phi) is 23.2. The molecule has 2 atom stereocenters. The number of unbranched alkanes of at least 4 members (excludes halogenated alkanes) is 16. The van der Waals surface area contributed by atoms with E-state index in [2.05, 4.69) is 38.8 Å². The fraction of sp³-hybridized carbons (Fsp3) is 0.933. The van der Waals surface area contributed by atoms with Crippen LogP contribution in [0.15, 0.2) is 0 Å². The second-order valence-corrected chi connectivity index (χ2v) is 17.2. The van der Waals surface area contributed by atoms with Crippen LogP contribution >= 0.6 is 0 Å². The zero-order valence-electron chi connectivity index (χ0n) is 23.7. The fourth-order valence-electron chi connectivity index (χ4n) is 4.72. The van der Waals surface area contributed by atoms with Gasteiger partial charge in [-0.3, -0.25) is 8.22 Å². The summed E-state index contributed by atoms with van der Waals surface area (Å²) in [4.78, 5) is 0. The van der Waals surface area contributed by atoms with Gasteiger partial charge >= 0.3 is 16.8 Å². The fourth-order valence-corrected chi connectivity index (χ4v) is 11.0. The highest BCUT2D eigenvalue weighted by Gasteiger charge is 2.35. The Bertz CT molecular complexity index is 460. The van der Waals surface area contributed by atoms with Crippen molar-refractivity contribution in [3.05, 3.63) is 0 Å². The lowest BCUT2D eigenvalue weighted by Gasteiger charge is -2.19. The SMILES string of the molecule is CCCCCCCCCC[Si](F)(C#C[Si](F)(CCCC)CCCCCCCCCC)CCCC. The Morgan fingerprint density at radius 1 is 0.353 bits per heavy atom. The van der Waals surface area contributed by atoms with Crippen LogP contribution in [0.3, 0.4) is 0 Å². The summed E-state index contributed by atoms with van der Waals surface area (Å²) >= 11 is 0. The Hall–Kier alpha value is -0.146. The monoisotopic (exact) mass is 514 g/mol. The Morgan fingerprint density at radius 3 is 0.882 bits per heavy atom. The highest BCUT2D eigenvalue weighted by Crippen LogP contribution is 2.27. The molecule has 0 saturated heterocycles. The van der Waals surface area contributed by atoms with Crippen molar-refractivity contribution in [2.45, 2.75) is 180 Å². The Labute approximate surface area is 216 Å². The largest absolute Gasteiger partial charge is 0.322 e. The summed E-state index contributed by atoms with van der Waals surface area (Å²) in [5, 5.41) is 0. The van der Waals surface area contributed by atoms with Gasteiger partial charge in [0.15, 0.2) is 0 Å². The van der Waals surface area contributed by atoms with Gasteiger partial charge in [-0.25, -0.2) is 0 Å². The molecule has 34 heavy (non-hydrogen) atoms. The van der Waals surface area contributed by atoms with Gasteiger partial charge in [-0.05, 0) is 24.2 Å². The minimum Gasteiger partial charge on any atom is -0.297 e. The van der Waals surface area contributed by atoms with Gasteiger partial charge in [-0.2, -0.15) is 0 Å². The normalized spacial score (nSPS) is 14.9. The zero-order chi connectivity index (χ0) is 25.4. The third-order valence-electron chi connectivity index (χ3n) is 7.22. The van der Waals surface area contributed by atoms with Crippen molar-refractivity contribution in [2.24, 2.45) is 0 Å². The van der Waals surface area contributed by atoms with Gasteiger partial charge in [-0.15, -0.1) is 0 Å². The van der Waals surface area contributed by atoms with Crippen molar-refractivity contribution in [3.63, 3.8) is 0 Å². The third kappa shape index (κ3) is 20.1. The highest BCUT2D eigenvalue weighted by molar-refractivity contribution is 6.86. The lowest BCUT2D eigenvalue weighted by molar-refractivity contribution is 0.580. The first-order chi connectivity index (χ1) is 16.4. The van der Waals surface area contributed by atoms with Crippen molar-refractivity contribution in [3.8, 4) is 11.1 Å². The van der Waals surface area contributed by atoms with Crippen molar-refractivity contribution < 1.29 is 8.22 Å². The molecule has 0 amide bonds. The van der Waals surface area contributed by atoms with E-state index in [-0.39, 0.29) is 0 Å². The lowest BCUT2D eigenvalue weighted by atomic mass is 10.1. The molecule has 0 radical (unpaired) electrons. The number of rotatable bonds is 24. The predicted octanol–water partition coefficient (Wildman–Crippen LogP) is 11.8. The third-order valence-corrected chi connectivity index (χ3v) is 13.2. The molecule has 2 unspecified atom stereocenters. The molecular weight excluding hydrogens is 454 g/mol. The minimum absolute atomic E-state index is 0.614. The predicted molar refractivity (Wildman–Crippen MR) is 156 cm³/mol. The summed E-state index contributed by atoms with van der Waals surface area (Å²) in [7, 11) is -6.28. The van der Waals surface area contributed by atoms with E-state index in [0.717, 1.165) is 51.4 Å². The van der Waals surface area contributed by atoms with Gasteiger partial charge in [0.2, 0.25) is 0 Å². The lowest BCUT2D eigenvalue weighted by Crippen LogP contribution is -2.31. The maximum Gasteiger partial charge on any atom is 0.322 e. The summed E-state index contributed by atoms with van der Waals surface area (Å²) in [5.74, 6) is 0. The molecule has 202 valence electrons. The van der Waals surface area contributed by atoms with E-state index in [9.17, 15) is 0 Å². The average Bonchev–Trinajstić information content (AvgIpc) is 2.84. The molecular formula is C30H60F2Si2. The molecule has 0 aliphatic carbocycles. The van der Waals surface area contributed by atoms with Crippen molar-refractivity contribution in [2.75, 3.05) is 0 Å². The van der Waals surface area contributed by atoms with Crippen molar-refractivity contribution in [1.29, 1.82) is 0 Å². The van der Waals surface area contributed by atoms with E-state index in [1.54, 1.807) is 0 Å². The van der Waals surface area contributed by atoms with Crippen LogP contribution < -0.4 is 0 Å². The van der Waals surface area contributed by atoms with E-state index >= 15 is 8.22 Å². The maximum atomic E-state index is 15.9. The van der Waals surface area contributed by atoms with Gasteiger partial charge < -0.3 is 0 Å². The van der Waals surface area contributed by atoms with Gasteiger partial charge in [0.05, 0.1) is 0 Å². The van der Waals surface area contributed by atoms with E-state index in [4.69, 9.17) is 0 Å². The molecule has 0 aromatic heterocycles. The van der Waals surface area contributed by atoms with E-state index in [1.807, 2.05) is 0 Å². The summed E-state index contributed by atoms with van der Waals surface area (Å²) < 4.78 is 31.8. The maximum absolute atomic E-state index is 15.9. The van der Waals surface area contributed by atoms with Crippen molar-refractivity contribution in [1.82, 2.24) is 0 Å². The van der Waals surface area contributed by atoms with E-state index < -0.39 is 16.8 Å². The molecule has 4 heteroatoms. The van der Waals surface area contributed by atoms with Crippen LogP contribution in [0.5, 0.6) is 0 Å². The van der Waals surface area contributed by atoms with E-state index in [0.29, 0.717) is 24.2 Å². The van der Waals surface area contributed by atoms with Gasteiger partial charge in [0.1, 0.15) is 0 Å². The van der Waals surface area contributed by atoms with Crippen LogP contribution in [0, 0.1) is 11.1 Å². The number of halogens is 2. The first kappa shape index (κ1) is 33.9. The summed E-state index contributed by atoms with van der Waals surface area (Å²) in [5.41, 5.74) is 6.17. The number of hydrogen-bond acceptors (Lipinski definition) is 0. The molecule has 0 heterocycles. The molecule has 0 nitrogen and oxygen atoms in total. The highest BCUT2D eigenvalue weighted by atomic mass is 28.4. The zero-order valence-corrected chi connectivity index (χ0v) is 25.7. The molecule has 0 aliphatic rings. The molecule has 0 aromatic carbocycles. The van der Waals surface area contributed by atoms with Gasteiger partial charge in [-0.1, -0.05) is 167 Å². The molecule has 0 saturated carbocycles. The standard InChI is InChI=1S/C30H60F2Si2/c1-5-9-13-15-17-19-21-23-27-33(31,25-11-7-3)29-30-34(32,26-12-8-4)28-24-22-20-18-16-14-10-6-2/h5-28H2,1-4H3. The first-order valence-electron chi connectivity index (χ1n) is 15.4. The molecule has 0 fully saturated rings. The molecule has 0 aliphatic heterocycles. The second-order valence-electron chi connectivity index (χ2n) is 10.8. The second kappa shape index (κ2) is 23.3. The van der Waals surface area contributed by atoms with Crippen LogP contribution in [-0.2, 0) is 0 Å². The average molecular weight is 515 g/mol. The van der Waals surface area contributed by atoms with Crippen molar-refractivity contribution >= 4 is 16.8 Å². The van der Waals surface area contributed by atoms with Gasteiger partial charge in [0, 0.05) is 0 Å². The molecule has 0 N–H and O–H groups in total. The number of hydrogen-bond donors (Lipinski definition) is 0.